The fourth-order valence-corrected chi connectivity index (χ4v) is 1.99. The number of benzene rings is 2. The highest BCUT2D eigenvalue weighted by Crippen LogP contribution is 2.26. The molecule has 0 aliphatic carbocycles. The number of nitrogens with two attached hydrogens (primary N) is 1. The molecule has 0 saturated heterocycles. The molecule has 2 N–H and O–H groups in total. The van der Waals surface area contributed by atoms with Gasteiger partial charge in [-0.2, -0.15) is 0 Å². The third-order valence-electron chi connectivity index (χ3n) is 2.58. The van der Waals surface area contributed by atoms with E-state index in [0.29, 0.717) is 17.0 Å². The third-order valence-corrected chi connectivity index (χ3v) is 3.08. The maximum absolute atomic E-state index is 13.5. The van der Waals surface area contributed by atoms with E-state index in [1.165, 1.54) is 13.2 Å². The number of rotatable bonds is 4. The minimum atomic E-state index is -0.410. The molecule has 3 nitrogen and oxygen atoms in total. The van der Waals surface area contributed by atoms with Gasteiger partial charge in [-0.1, -0.05) is 22.0 Å². The average Bonchev–Trinajstić information content (AvgIpc) is 2.38. The number of nitrogen functional groups attached to an aromatic ring is 1. The van der Waals surface area contributed by atoms with Gasteiger partial charge in [0.25, 0.3) is 0 Å². The SMILES string of the molecule is COc1ccc(COc2ccc(Br)cc2N)cc1F. The van der Waals surface area contributed by atoms with E-state index in [4.69, 9.17) is 15.2 Å². The van der Waals surface area contributed by atoms with E-state index in [-0.39, 0.29) is 12.4 Å². The van der Waals surface area contributed by atoms with Crippen molar-refractivity contribution < 1.29 is 13.9 Å². The first-order chi connectivity index (χ1) is 9.10. The number of hydrogen-bond donors (Lipinski definition) is 1. The van der Waals surface area contributed by atoms with Crippen LogP contribution in [0.4, 0.5) is 10.1 Å². The number of hydrogen-bond acceptors (Lipinski definition) is 3. The summed E-state index contributed by atoms with van der Waals surface area (Å²) in [7, 11) is 1.43. The molecule has 2 aromatic carbocycles. The summed E-state index contributed by atoms with van der Waals surface area (Å²) in [4.78, 5) is 0. The first-order valence-corrected chi connectivity index (χ1v) is 6.39. The monoisotopic (exact) mass is 325 g/mol. The maximum atomic E-state index is 13.5. The molecule has 0 amide bonds. The van der Waals surface area contributed by atoms with Gasteiger partial charge < -0.3 is 15.2 Å². The van der Waals surface area contributed by atoms with Crippen molar-refractivity contribution in [2.24, 2.45) is 0 Å². The van der Waals surface area contributed by atoms with Gasteiger partial charge in [0, 0.05) is 4.47 Å². The molecule has 0 heterocycles. The van der Waals surface area contributed by atoms with Crippen molar-refractivity contribution in [3.8, 4) is 11.5 Å². The van der Waals surface area contributed by atoms with Gasteiger partial charge in [-0.15, -0.1) is 0 Å². The Balaban J connectivity index is 2.08. The molecule has 0 radical (unpaired) electrons. The molecule has 0 spiro atoms. The average molecular weight is 326 g/mol. The second-order valence-electron chi connectivity index (χ2n) is 3.94. The molecular weight excluding hydrogens is 313 g/mol. The summed E-state index contributed by atoms with van der Waals surface area (Å²) in [5.74, 6) is 0.374. The van der Waals surface area contributed by atoms with Crippen LogP contribution in [0.5, 0.6) is 11.5 Å². The largest absolute Gasteiger partial charge is 0.494 e. The Hall–Kier alpha value is -1.75. The van der Waals surface area contributed by atoms with Crippen LogP contribution >= 0.6 is 15.9 Å². The Morgan fingerprint density at radius 1 is 1.16 bits per heavy atom. The third kappa shape index (κ3) is 3.38. The highest BCUT2D eigenvalue weighted by Gasteiger charge is 2.05. The van der Waals surface area contributed by atoms with Crippen molar-refractivity contribution >= 4 is 21.6 Å². The maximum Gasteiger partial charge on any atom is 0.165 e. The van der Waals surface area contributed by atoms with Gasteiger partial charge in [0.2, 0.25) is 0 Å². The minimum absolute atomic E-state index is 0.215. The molecule has 100 valence electrons. The molecule has 2 aromatic rings. The predicted octanol–water partition coefficient (Wildman–Crippen LogP) is 3.76. The summed E-state index contributed by atoms with van der Waals surface area (Å²) in [6, 6.07) is 10.0. The highest BCUT2D eigenvalue weighted by molar-refractivity contribution is 9.10. The van der Waals surface area contributed by atoms with E-state index in [0.717, 1.165) is 4.47 Å². The molecule has 0 aliphatic rings. The molecule has 0 aromatic heterocycles. The second-order valence-corrected chi connectivity index (χ2v) is 4.86. The summed E-state index contributed by atoms with van der Waals surface area (Å²) < 4.78 is 24.8. The fraction of sp³-hybridized carbons (Fsp3) is 0.143. The molecule has 0 bridgehead atoms. The summed E-state index contributed by atoms with van der Waals surface area (Å²) in [5, 5.41) is 0. The predicted molar refractivity (Wildman–Crippen MR) is 75.8 cm³/mol. The van der Waals surface area contributed by atoms with Crippen molar-refractivity contribution in [1.29, 1.82) is 0 Å². The van der Waals surface area contributed by atoms with Crippen LogP contribution in [0.15, 0.2) is 40.9 Å². The van der Waals surface area contributed by atoms with Crippen molar-refractivity contribution in [3.05, 3.63) is 52.3 Å². The molecule has 2 rings (SSSR count). The van der Waals surface area contributed by atoms with Crippen LogP contribution in [0.25, 0.3) is 0 Å². The van der Waals surface area contributed by atoms with Crippen LogP contribution in [-0.2, 0) is 6.61 Å². The zero-order valence-electron chi connectivity index (χ0n) is 10.3. The first kappa shape index (κ1) is 13.7. The van der Waals surface area contributed by atoms with Crippen molar-refractivity contribution in [2.45, 2.75) is 6.61 Å². The summed E-state index contributed by atoms with van der Waals surface area (Å²) in [5.41, 5.74) is 7.05. The summed E-state index contributed by atoms with van der Waals surface area (Å²) in [6.45, 7) is 0.243. The molecule has 0 saturated carbocycles. The Morgan fingerprint density at radius 3 is 2.53 bits per heavy atom. The Morgan fingerprint density at radius 2 is 1.89 bits per heavy atom. The van der Waals surface area contributed by atoms with E-state index in [9.17, 15) is 4.39 Å². The lowest BCUT2D eigenvalue weighted by atomic mass is 10.2. The van der Waals surface area contributed by atoms with E-state index >= 15 is 0 Å². The normalized spacial score (nSPS) is 10.3. The van der Waals surface area contributed by atoms with Gasteiger partial charge in [0.1, 0.15) is 12.4 Å². The zero-order valence-corrected chi connectivity index (χ0v) is 11.9. The van der Waals surface area contributed by atoms with E-state index in [1.807, 2.05) is 6.07 Å². The van der Waals surface area contributed by atoms with Crippen LogP contribution in [0, 0.1) is 5.82 Å². The lowest BCUT2D eigenvalue weighted by Gasteiger charge is -2.10. The topological polar surface area (TPSA) is 44.5 Å². The zero-order chi connectivity index (χ0) is 13.8. The van der Waals surface area contributed by atoms with Crippen LogP contribution in [-0.4, -0.2) is 7.11 Å². The van der Waals surface area contributed by atoms with Crippen molar-refractivity contribution in [2.75, 3.05) is 12.8 Å². The van der Waals surface area contributed by atoms with Crippen LogP contribution in [0.2, 0.25) is 0 Å². The number of halogens is 2. The van der Waals surface area contributed by atoms with Gasteiger partial charge in [0.05, 0.1) is 12.8 Å². The lowest BCUT2D eigenvalue weighted by Crippen LogP contribution is -1.99. The summed E-state index contributed by atoms with van der Waals surface area (Å²) in [6.07, 6.45) is 0. The van der Waals surface area contributed by atoms with Crippen LogP contribution in [0.3, 0.4) is 0 Å². The van der Waals surface area contributed by atoms with Crippen molar-refractivity contribution in [3.63, 3.8) is 0 Å². The second kappa shape index (κ2) is 5.93. The Labute approximate surface area is 119 Å². The first-order valence-electron chi connectivity index (χ1n) is 5.60. The smallest absolute Gasteiger partial charge is 0.165 e. The lowest BCUT2D eigenvalue weighted by molar-refractivity contribution is 0.306. The van der Waals surface area contributed by atoms with Gasteiger partial charge in [-0.05, 0) is 35.9 Å². The van der Waals surface area contributed by atoms with Crippen LogP contribution < -0.4 is 15.2 Å². The van der Waals surface area contributed by atoms with Crippen molar-refractivity contribution in [1.82, 2.24) is 0 Å². The molecule has 0 unspecified atom stereocenters. The van der Waals surface area contributed by atoms with Gasteiger partial charge >= 0.3 is 0 Å². The van der Waals surface area contributed by atoms with Gasteiger partial charge in [-0.25, -0.2) is 4.39 Å². The quantitative estimate of drug-likeness (QED) is 0.870. The molecule has 5 heteroatoms. The number of anilines is 1. The highest BCUT2D eigenvalue weighted by atomic mass is 79.9. The molecule has 0 aliphatic heterocycles. The van der Waals surface area contributed by atoms with Crippen LogP contribution in [0.1, 0.15) is 5.56 Å². The fourth-order valence-electron chi connectivity index (χ4n) is 1.61. The molecule has 19 heavy (non-hydrogen) atoms. The summed E-state index contributed by atoms with van der Waals surface area (Å²) >= 11 is 3.32. The van der Waals surface area contributed by atoms with Gasteiger partial charge in [0.15, 0.2) is 11.6 Å². The Kier molecular flexibility index (Phi) is 4.27. The standard InChI is InChI=1S/C14H13BrFNO2/c1-18-13-4-2-9(6-11(13)16)8-19-14-5-3-10(15)7-12(14)17/h2-7H,8,17H2,1H3. The minimum Gasteiger partial charge on any atom is -0.494 e. The van der Waals surface area contributed by atoms with E-state index in [1.54, 1.807) is 24.3 Å². The van der Waals surface area contributed by atoms with E-state index < -0.39 is 5.82 Å². The Bertz CT molecular complexity index is 590. The number of ether oxygens (including phenoxy) is 2. The molecular formula is C14H13BrFNO2. The van der Waals surface area contributed by atoms with Gasteiger partial charge in [-0.3, -0.25) is 0 Å². The molecule has 0 fully saturated rings. The number of methoxy groups -OCH3 is 1. The molecule has 0 atom stereocenters. The van der Waals surface area contributed by atoms with E-state index in [2.05, 4.69) is 15.9 Å².